The molecule has 3 heterocycles. The quantitative estimate of drug-likeness (QED) is 0.434. The fraction of sp³-hybridized carbons (Fsp3) is 0.353. The molecular formula is C34H38N4O. The van der Waals surface area contributed by atoms with E-state index in [-0.39, 0.29) is 11.9 Å². The number of carbonyl (C=O) groups excluding carboxylic acids is 1. The minimum absolute atomic E-state index is 0.0943. The number of aromatic nitrogens is 1. The highest BCUT2D eigenvalue weighted by Crippen LogP contribution is 2.54. The van der Waals surface area contributed by atoms with Crippen molar-refractivity contribution in [1.29, 1.82) is 0 Å². The van der Waals surface area contributed by atoms with Crippen LogP contribution in [-0.4, -0.2) is 49.0 Å². The standard InChI is InChI=1S/C34H38N4O/c1-23-4-6-27(7-5-23)32(31-17-34(18-31)21-38(3)22-34)28-10-8-25(9-11-28)24(2)37-33(39)30-16-29(19-36-20-30)26-12-14-35-15-13-26/h4-12,16,19-20,24,35H,13-15,17-18,21-22H2,1-3H3,(H,37,39). The highest BCUT2D eigenvalue weighted by Gasteiger charge is 2.49. The van der Waals surface area contributed by atoms with Crippen molar-refractivity contribution in [2.75, 3.05) is 33.2 Å². The molecule has 1 atom stereocenters. The fourth-order valence-corrected chi connectivity index (χ4v) is 6.57. The Morgan fingerprint density at radius 3 is 2.33 bits per heavy atom. The predicted molar refractivity (Wildman–Crippen MR) is 158 cm³/mol. The van der Waals surface area contributed by atoms with Gasteiger partial charge in [-0.15, -0.1) is 0 Å². The van der Waals surface area contributed by atoms with Gasteiger partial charge >= 0.3 is 0 Å². The molecule has 1 aromatic heterocycles. The second-order valence-corrected chi connectivity index (χ2v) is 11.8. The van der Waals surface area contributed by atoms with Crippen LogP contribution in [0.25, 0.3) is 11.1 Å². The number of aryl methyl sites for hydroxylation is 1. The van der Waals surface area contributed by atoms with Gasteiger partial charge in [-0.05, 0) is 86.2 Å². The number of rotatable bonds is 6. The van der Waals surface area contributed by atoms with Crippen molar-refractivity contribution in [3.8, 4) is 0 Å². The van der Waals surface area contributed by atoms with Gasteiger partial charge < -0.3 is 15.5 Å². The summed E-state index contributed by atoms with van der Waals surface area (Å²) in [7, 11) is 2.21. The van der Waals surface area contributed by atoms with E-state index in [0.29, 0.717) is 11.0 Å². The van der Waals surface area contributed by atoms with Gasteiger partial charge in [0.1, 0.15) is 0 Å². The van der Waals surface area contributed by atoms with E-state index in [2.05, 4.69) is 89.1 Å². The molecule has 2 aliphatic heterocycles. The summed E-state index contributed by atoms with van der Waals surface area (Å²) < 4.78 is 0. The Balaban J connectivity index is 1.19. The monoisotopic (exact) mass is 518 g/mol. The molecule has 2 aromatic carbocycles. The second-order valence-electron chi connectivity index (χ2n) is 11.8. The molecule has 1 aliphatic carbocycles. The van der Waals surface area contributed by atoms with Crippen LogP contribution in [0.15, 0.2) is 78.6 Å². The topological polar surface area (TPSA) is 57.3 Å². The maximum atomic E-state index is 13.1. The Hall–Kier alpha value is -3.54. The molecule has 1 saturated carbocycles. The number of nitrogens with zero attached hydrogens (tertiary/aromatic N) is 2. The molecule has 2 fully saturated rings. The third kappa shape index (κ3) is 5.34. The summed E-state index contributed by atoms with van der Waals surface area (Å²) in [4.78, 5) is 19.9. The molecule has 3 aromatic rings. The number of likely N-dealkylation sites (tertiary alicyclic amines) is 1. The summed E-state index contributed by atoms with van der Waals surface area (Å²) in [5, 5.41) is 6.51. The predicted octanol–water partition coefficient (Wildman–Crippen LogP) is 5.79. The van der Waals surface area contributed by atoms with Crippen molar-refractivity contribution in [3.63, 3.8) is 0 Å². The number of benzene rings is 2. The first-order chi connectivity index (χ1) is 18.9. The fourth-order valence-electron chi connectivity index (χ4n) is 6.57. The third-order valence-corrected chi connectivity index (χ3v) is 8.56. The first kappa shape index (κ1) is 25.7. The summed E-state index contributed by atoms with van der Waals surface area (Å²) in [6.07, 6.45) is 9.02. The molecule has 1 spiro atoms. The highest BCUT2D eigenvalue weighted by atomic mass is 16.1. The molecule has 5 heteroatoms. The van der Waals surface area contributed by atoms with E-state index >= 15 is 0 Å². The van der Waals surface area contributed by atoms with Gasteiger partial charge in [0.15, 0.2) is 0 Å². The van der Waals surface area contributed by atoms with Gasteiger partial charge in [-0.25, -0.2) is 0 Å². The summed E-state index contributed by atoms with van der Waals surface area (Å²) in [6, 6.07) is 19.6. The average molecular weight is 519 g/mol. The summed E-state index contributed by atoms with van der Waals surface area (Å²) in [5.41, 5.74) is 11.2. The Morgan fingerprint density at radius 2 is 1.69 bits per heavy atom. The lowest BCUT2D eigenvalue weighted by Crippen LogP contribution is -2.58. The number of carbonyl (C=O) groups is 1. The first-order valence-corrected chi connectivity index (χ1v) is 14.1. The van der Waals surface area contributed by atoms with Crippen molar-refractivity contribution in [2.45, 2.75) is 39.2 Å². The lowest BCUT2D eigenvalue weighted by Gasteiger charge is -2.56. The third-order valence-electron chi connectivity index (χ3n) is 8.56. The van der Waals surface area contributed by atoms with E-state index in [9.17, 15) is 4.79 Å². The van der Waals surface area contributed by atoms with Crippen LogP contribution in [0.4, 0.5) is 0 Å². The summed E-state index contributed by atoms with van der Waals surface area (Å²) >= 11 is 0. The van der Waals surface area contributed by atoms with Crippen molar-refractivity contribution < 1.29 is 4.79 Å². The van der Waals surface area contributed by atoms with Crippen LogP contribution in [0.1, 0.15) is 70.4 Å². The largest absolute Gasteiger partial charge is 0.345 e. The van der Waals surface area contributed by atoms with E-state index in [1.807, 2.05) is 19.2 Å². The van der Waals surface area contributed by atoms with Crippen molar-refractivity contribution in [1.82, 2.24) is 20.5 Å². The molecule has 200 valence electrons. The van der Waals surface area contributed by atoms with E-state index in [4.69, 9.17) is 0 Å². The second kappa shape index (κ2) is 10.6. The molecule has 1 saturated heterocycles. The lowest BCUT2D eigenvalue weighted by atomic mass is 9.59. The Morgan fingerprint density at radius 1 is 1.00 bits per heavy atom. The van der Waals surface area contributed by atoms with Crippen molar-refractivity contribution >= 4 is 17.1 Å². The van der Waals surface area contributed by atoms with Crippen molar-refractivity contribution in [3.05, 3.63) is 112 Å². The molecule has 39 heavy (non-hydrogen) atoms. The van der Waals surface area contributed by atoms with Gasteiger partial charge in [0.25, 0.3) is 5.91 Å². The highest BCUT2D eigenvalue weighted by molar-refractivity contribution is 5.95. The minimum atomic E-state index is -0.110. The normalized spacial score (nSPS) is 19.1. The van der Waals surface area contributed by atoms with Crippen molar-refractivity contribution in [2.24, 2.45) is 5.41 Å². The first-order valence-electron chi connectivity index (χ1n) is 14.1. The van der Waals surface area contributed by atoms with Crippen LogP contribution < -0.4 is 10.6 Å². The Kier molecular flexibility index (Phi) is 6.96. The zero-order valence-electron chi connectivity index (χ0n) is 23.3. The van der Waals surface area contributed by atoms with Gasteiger partial charge in [0.2, 0.25) is 0 Å². The molecule has 3 aliphatic rings. The molecular weight excluding hydrogens is 480 g/mol. The van der Waals surface area contributed by atoms with E-state index in [1.54, 1.807) is 11.8 Å². The molecule has 5 nitrogen and oxygen atoms in total. The van der Waals surface area contributed by atoms with E-state index < -0.39 is 0 Å². The van der Waals surface area contributed by atoms with Crippen LogP contribution >= 0.6 is 0 Å². The smallest absolute Gasteiger partial charge is 0.253 e. The molecule has 0 radical (unpaired) electrons. The van der Waals surface area contributed by atoms with Gasteiger partial charge in [-0.3, -0.25) is 9.78 Å². The molecule has 6 rings (SSSR count). The molecule has 0 bridgehead atoms. The van der Waals surface area contributed by atoms with Gasteiger partial charge in [0.05, 0.1) is 11.6 Å². The number of hydrogen-bond donors (Lipinski definition) is 2. The number of hydrogen-bond acceptors (Lipinski definition) is 4. The van der Waals surface area contributed by atoms with Crippen LogP contribution in [0.2, 0.25) is 0 Å². The lowest BCUT2D eigenvalue weighted by molar-refractivity contribution is -0.0106. The summed E-state index contributed by atoms with van der Waals surface area (Å²) in [6.45, 7) is 8.42. The summed E-state index contributed by atoms with van der Waals surface area (Å²) in [5.74, 6) is -0.0943. The van der Waals surface area contributed by atoms with Crippen LogP contribution in [0, 0.1) is 12.3 Å². The number of allylic oxidation sites excluding steroid dienone is 1. The van der Waals surface area contributed by atoms with Crippen LogP contribution in [0.3, 0.4) is 0 Å². The number of amides is 1. The maximum Gasteiger partial charge on any atom is 0.253 e. The maximum absolute atomic E-state index is 13.1. The molecule has 1 amide bonds. The van der Waals surface area contributed by atoms with Gasteiger partial charge in [0, 0.05) is 37.4 Å². The Bertz CT molecular complexity index is 1420. The SMILES string of the molecule is Cc1ccc(C(=C2CC3(C2)CN(C)C3)c2ccc(C(C)NC(=O)c3cncc(C4=CCNCC4)c3)cc2)cc1. The van der Waals surface area contributed by atoms with Gasteiger partial charge in [-0.1, -0.05) is 65.7 Å². The zero-order valence-corrected chi connectivity index (χ0v) is 23.3. The van der Waals surface area contributed by atoms with E-state index in [0.717, 1.165) is 30.6 Å². The minimum Gasteiger partial charge on any atom is -0.345 e. The number of nitrogens with one attached hydrogen (secondary N) is 2. The van der Waals surface area contributed by atoms with Gasteiger partial charge in [-0.2, -0.15) is 0 Å². The zero-order chi connectivity index (χ0) is 27.0. The van der Waals surface area contributed by atoms with Crippen LogP contribution in [0.5, 0.6) is 0 Å². The average Bonchev–Trinajstić information content (AvgIpc) is 2.93. The van der Waals surface area contributed by atoms with Crippen LogP contribution in [-0.2, 0) is 0 Å². The van der Waals surface area contributed by atoms with E-state index in [1.165, 1.54) is 53.8 Å². The molecule has 1 unspecified atom stereocenters. The molecule has 2 N–H and O–H groups in total. The number of pyridine rings is 1. The Labute approximate surface area is 232 Å².